The van der Waals surface area contributed by atoms with Crippen LogP contribution in [0, 0.1) is 3.57 Å². The Balaban J connectivity index is 1.68. The molecular weight excluding hydrogens is 519 g/mol. The van der Waals surface area contributed by atoms with Crippen molar-refractivity contribution in [1.29, 1.82) is 0 Å². The summed E-state index contributed by atoms with van der Waals surface area (Å²) in [5.74, 6) is 1.17. The topological polar surface area (TPSA) is 108 Å². The summed E-state index contributed by atoms with van der Waals surface area (Å²) in [6.45, 7) is 4.73. The van der Waals surface area contributed by atoms with Gasteiger partial charge >= 0.3 is 0 Å². The number of nitrogens with zero attached hydrogens (tertiary/aromatic N) is 4. The molecule has 4 rings (SSSR count). The molecule has 0 aliphatic rings. The number of aromatic hydroxyl groups is 1. The Kier molecular flexibility index (Phi) is 6.47. The molecule has 2 aromatic carbocycles. The Morgan fingerprint density at radius 2 is 1.84 bits per heavy atom. The van der Waals surface area contributed by atoms with Crippen LogP contribution in [0.3, 0.4) is 0 Å². The van der Waals surface area contributed by atoms with E-state index >= 15 is 0 Å². The molecule has 32 heavy (non-hydrogen) atoms. The summed E-state index contributed by atoms with van der Waals surface area (Å²) in [7, 11) is 0. The van der Waals surface area contributed by atoms with E-state index in [-0.39, 0.29) is 5.75 Å². The van der Waals surface area contributed by atoms with Gasteiger partial charge in [0.05, 0.1) is 18.5 Å². The number of hydrogen-bond donors (Lipinski definition) is 4. The molecule has 0 amide bonds. The highest BCUT2D eigenvalue weighted by atomic mass is 127. The van der Waals surface area contributed by atoms with Gasteiger partial charge in [0, 0.05) is 22.2 Å². The first kappa shape index (κ1) is 22.3. The molecule has 8 nitrogen and oxygen atoms in total. The molecule has 9 heteroatoms. The number of fused-ring (bicyclic) bond motifs is 1. The highest BCUT2D eigenvalue weighted by molar-refractivity contribution is 14.1. The lowest BCUT2D eigenvalue weighted by Gasteiger charge is -2.18. The van der Waals surface area contributed by atoms with Crippen molar-refractivity contribution in [2.75, 3.05) is 17.2 Å². The van der Waals surface area contributed by atoms with Gasteiger partial charge in [0.15, 0.2) is 17.0 Å². The third kappa shape index (κ3) is 5.46. The number of hydrogen-bond acceptors (Lipinski definition) is 7. The first-order valence-corrected chi connectivity index (χ1v) is 11.3. The molecule has 0 fully saturated rings. The maximum Gasteiger partial charge on any atom is 0.226 e. The number of benzene rings is 2. The summed E-state index contributed by atoms with van der Waals surface area (Å²) >= 11 is 2.21. The molecule has 0 atom stereocenters. The molecule has 2 aromatic heterocycles. The molecule has 0 unspecified atom stereocenters. The Morgan fingerprint density at radius 1 is 1.06 bits per heavy atom. The zero-order valence-electron chi connectivity index (χ0n) is 17.9. The van der Waals surface area contributed by atoms with Gasteiger partial charge in [-0.05, 0) is 60.2 Å². The summed E-state index contributed by atoms with van der Waals surface area (Å²) in [4.78, 5) is 13.8. The zero-order chi connectivity index (χ0) is 22.7. The van der Waals surface area contributed by atoms with Gasteiger partial charge in [-0.3, -0.25) is 0 Å². The third-order valence-corrected chi connectivity index (χ3v) is 5.50. The Hall–Kier alpha value is -2.92. The van der Waals surface area contributed by atoms with Crippen molar-refractivity contribution < 1.29 is 10.2 Å². The fourth-order valence-corrected chi connectivity index (χ4v) is 3.77. The SMILES string of the molecule is CC(C)(O)CNc1nc(NCc2cc(I)ccc2O)c2ncn(Cc3ccccc3)c2n1. The highest BCUT2D eigenvalue weighted by Gasteiger charge is 2.17. The van der Waals surface area contributed by atoms with Gasteiger partial charge < -0.3 is 25.4 Å². The Morgan fingerprint density at radius 3 is 2.59 bits per heavy atom. The second-order valence-corrected chi connectivity index (χ2v) is 9.46. The van der Waals surface area contributed by atoms with E-state index in [0.717, 1.165) is 14.7 Å². The maximum atomic E-state index is 10.2. The van der Waals surface area contributed by atoms with Crippen molar-refractivity contribution in [2.45, 2.75) is 32.5 Å². The fraction of sp³-hybridized carbons (Fsp3) is 0.261. The maximum absolute atomic E-state index is 10.2. The predicted octanol–water partition coefficient (Wildman–Crippen LogP) is 3.98. The molecule has 0 saturated heterocycles. The van der Waals surface area contributed by atoms with E-state index < -0.39 is 5.60 Å². The molecule has 4 aromatic rings. The van der Waals surface area contributed by atoms with Crippen LogP contribution in [0.5, 0.6) is 5.75 Å². The minimum absolute atomic E-state index is 0.221. The smallest absolute Gasteiger partial charge is 0.226 e. The van der Waals surface area contributed by atoms with Crippen molar-refractivity contribution >= 4 is 45.5 Å². The van der Waals surface area contributed by atoms with Crippen LogP contribution in [-0.2, 0) is 13.1 Å². The minimum Gasteiger partial charge on any atom is -0.508 e. The fourth-order valence-electron chi connectivity index (χ4n) is 3.21. The van der Waals surface area contributed by atoms with E-state index in [1.807, 2.05) is 34.9 Å². The zero-order valence-corrected chi connectivity index (χ0v) is 20.0. The van der Waals surface area contributed by atoms with Gasteiger partial charge in [-0.2, -0.15) is 9.97 Å². The van der Waals surface area contributed by atoms with Gasteiger partial charge in [0.2, 0.25) is 5.95 Å². The summed E-state index contributed by atoms with van der Waals surface area (Å²) in [5, 5.41) is 26.7. The molecule has 0 saturated carbocycles. The van der Waals surface area contributed by atoms with Crippen LogP contribution in [-0.4, -0.2) is 41.9 Å². The molecule has 166 valence electrons. The molecule has 0 bridgehead atoms. The average Bonchev–Trinajstić information content (AvgIpc) is 3.16. The average molecular weight is 544 g/mol. The highest BCUT2D eigenvalue weighted by Crippen LogP contribution is 2.25. The largest absolute Gasteiger partial charge is 0.508 e. The van der Waals surface area contributed by atoms with Crippen molar-refractivity contribution in [3.63, 3.8) is 0 Å². The number of phenols is 1. The number of phenolic OH excluding ortho intramolecular Hbond substituents is 1. The summed E-state index contributed by atoms with van der Waals surface area (Å²) in [6.07, 6.45) is 1.75. The van der Waals surface area contributed by atoms with Gasteiger partial charge in [0.25, 0.3) is 0 Å². The number of aliphatic hydroxyl groups is 1. The van der Waals surface area contributed by atoms with Gasteiger partial charge in [-0.15, -0.1) is 0 Å². The van der Waals surface area contributed by atoms with Crippen molar-refractivity contribution in [2.24, 2.45) is 0 Å². The number of imidazole rings is 1. The van der Waals surface area contributed by atoms with Crippen molar-refractivity contribution in [1.82, 2.24) is 19.5 Å². The van der Waals surface area contributed by atoms with Gasteiger partial charge in [-0.1, -0.05) is 30.3 Å². The molecule has 2 heterocycles. The second kappa shape index (κ2) is 9.29. The molecule has 0 radical (unpaired) electrons. The van der Waals surface area contributed by atoms with Gasteiger partial charge in [0.1, 0.15) is 5.75 Å². The first-order valence-electron chi connectivity index (χ1n) is 10.2. The van der Waals surface area contributed by atoms with E-state index in [2.05, 4.69) is 60.3 Å². The normalized spacial score (nSPS) is 11.6. The van der Waals surface area contributed by atoms with Crippen LogP contribution in [0.1, 0.15) is 25.0 Å². The summed E-state index contributed by atoms with van der Waals surface area (Å²) in [6, 6.07) is 15.5. The molecule has 0 aliphatic carbocycles. The van der Waals surface area contributed by atoms with Crippen molar-refractivity contribution in [3.05, 3.63) is 69.6 Å². The minimum atomic E-state index is -0.914. The van der Waals surface area contributed by atoms with E-state index in [0.29, 0.717) is 42.6 Å². The summed E-state index contributed by atoms with van der Waals surface area (Å²) in [5.41, 5.74) is 2.30. The van der Waals surface area contributed by atoms with Crippen LogP contribution in [0.25, 0.3) is 11.2 Å². The van der Waals surface area contributed by atoms with E-state index in [4.69, 9.17) is 0 Å². The van der Waals surface area contributed by atoms with E-state index in [1.54, 1.807) is 26.2 Å². The number of anilines is 2. The number of aromatic nitrogens is 4. The Labute approximate surface area is 199 Å². The quantitative estimate of drug-likeness (QED) is 0.249. The lowest BCUT2D eigenvalue weighted by Crippen LogP contribution is -2.30. The molecular formula is C23H25IN6O2. The molecule has 4 N–H and O–H groups in total. The second-order valence-electron chi connectivity index (χ2n) is 8.22. The van der Waals surface area contributed by atoms with Gasteiger partial charge in [-0.25, -0.2) is 4.98 Å². The standard InChI is InChI=1S/C23H25IN6O2/c1-23(2,32)13-26-22-28-20(25-11-16-10-17(24)8-9-18(16)31)19-21(29-22)30(14-27-19)12-15-6-4-3-5-7-15/h3-10,14,31-32H,11-13H2,1-2H3,(H2,25,26,28,29). The van der Waals surface area contributed by atoms with Crippen molar-refractivity contribution in [3.8, 4) is 5.75 Å². The molecule has 0 aliphatic heterocycles. The lowest BCUT2D eigenvalue weighted by molar-refractivity contribution is 0.0943. The van der Waals surface area contributed by atoms with E-state index in [1.165, 1.54) is 0 Å². The van der Waals surface area contributed by atoms with Crippen LogP contribution in [0.2, 0.25) is 0 Å². The Bertz CT molecular complexity index is 1220. The van der Waals surface area contributed by atoms with Crippen LogP contribution in [0.4, 0.5) is 11.8 Å². The number of halogens is 1. The third-order valence-electron chi connectivity index (χ3n) is 4.83. The monoisotopic (exact) mass is 544 g/mol. The van der Waals surface area contributed by atoms with Crippen LogP contribution in [0.15, 0.2) is 54.9 Å². The number of nitrogens with one attached hydrogen (secondary N) is 2. The van der Waals surface area contributed by atoms with Crippen LogP contribution < -0.4 is 10.6 Å². The van der Waals surface area contributed by atoms with E-state index in [9.17, 15) is 10.2 Å². The number of rotatable bonds is 8. The predicted molar refractivity (Wildman–Crippen MR) is 134 cm³/mol. The lowest BCUT2D eigenvalue weighted by atomic mass is 10.1. The van der Waals surface area contributed by atoms with Crippen LogP contribution >= 0.6 is 22.6 Å². The summed E-state index contributed by atoms with van der Waals surface area (Å²) < 4.78 is 3.00. The first-order chi connectivity index (χ1) is 15.3. The molecule has 0 spiro atoms.